The minimum absolute atomic E-state index is 0.187. The van der Waals surface area contributed by atoms with E-state index in [1.807, 2.05) is 4.90 Å². The smallest absolute Gasteiger partial charge is 0.498 e. The van der Waals surface area contributed by atoms with E-state index in [4.69, 9.17) is 9.31 Å². The minimum Gasteiger partial charge on any atom is -0.498 e. The van der Waals surface area contributed by atoms with Gasteiger partial charge in [0, 0.05) is 6.54 Å². The van der Waals surface area contributed by atoms with Gasteiger partial charge in [-0.25, -0.2) is 0 Å². The molecule has 2 bridgehead atoms. The Morgan fingerprint density at radius 3 is 2.33 bits per heavy atom. The molecular formula is C15H24BNO4. The summed E-state index contributed by atoms with van der Waals surface area (Å²) in [7, 11) is -0.770. The Kier molecular flexibility index (Phi) is 3.76. The molecule has 0 aromatic carbocycles. The summed E-state index contributed by atoms with van der Waals surface area (Å²) in [5, 5.41) is 0. The van der Waals surface area contributed by atoms with E-state index in [-0.39, 0.29) is 25.0 Å². The highest BCUT2D eigenvalue weighted by molar-refractivity contribution is 6.47. The second-order valence-corrected chi connectivity index (χ2v) is 7.41. The molecule has 6 heteroatoms. The van der Waals surface area contributed by atoms with Gasteiger partial charge < -0.3 is 9.31 Å². The van der Waals surface area contributed by atoms with Crippen LogP contribution >= 0.6 is 0 Å². The van der Waals surface area contributed by atoms with Gasteiger partial charge in [0.2, 0.25) is 0 Å². The highest BCUT2D eigenvalue weighted by atomic mass is 16.6. The van der Waals surface area contributed by atoms with E-state index in [1.54, 1.807) is 6.82 Å². The Morgan fingerprint density at radius 2 is 1.81 bits per heavy atom. The standard InChI is InChI=1S/C15H24BNO4/c1-15(2)11-5-4-10(12(15)6-11)7-17-8-13(18)20-16(3)21-14(19)9-17/h10-12H,4-9H2,1-3H3/t10-,11-,12?/m1/s1. The van der Waals surface area contributed by atoms with Crippen LogP contribution in [0.3, 0.4) is 0 Å². The van der Waals surface area contributed by atoms with E-state index in [2.05, 4.69) is 13.8 Å². The summed E-state index contributed by atoms with van der Waals surface area (Å²) < 4.78 is 10.1. The van der Waals surface area contributed by atoms with Crippen LogP contribution in [0.25, 0.3) is 0 Å². The third-order valence-electron chi connectivity index (χ3n) is 5.79. The van der Waals surface area contributed by atoms with Gasteiger partial charge in [-0.3, -0.25) is 14.5 Å². The number of hydrogen-bond acceptors (Lipinski definition) is 5. The van der Waals surface area contributed by atoms with Crippen LogP contribution in [0, 0.1) is 23.2 Å². The lowest BCUT2D eigenvalue weighted by Crippen LogP contribution is -2.55. The van der Waals surface area contributed by atoms with Crippen molar-refractivity contribution in [1.29, 1.82) is 0 Å². The highest BCUT2D eigenvalue weighted by Crippen LogP contribution is 2.61. The zero-order chi connectivity index (χ0) is 15.2. The van der Waals surface area contributed by atoms with Gasteiger partial charge in [0.15, 0.2) is 0 Å². The van der Waals surface area contributed by atoms with Crippen LogP contribution in [0.1, 0.15) is 33.1 Å². The van der Waals surface area contributed by atoms with Gasteiger partial charge in [0.25, 0.3) is 0 Å². The molecule has 1 unspecified atom stereocenters. The number of hydrogen-bond donors (Lipinski definition) is 0. The first-order chi connectivity index (χ1) is 9.86. The number of rotatable bonds is 2. The number of fused-ring (bicyclic) bond motifs is 2. The van der Waals surface area contributed by atoms with Gasteiger partial charge in [-0.2, -0.15) is 0 Å². The molecule has 3 saturated carbocycles. The molecule has 1 saturated heterocycles. The van der Waals surface area contributed by atoms with Crippen LogP contribution in [-0.2, 0) is 18.9 Å². The van der Waals surface area contributed by atoms with Crippen molar-refractivity contribution in [2.24, 2.45) is 23.2 Å². The molecule has 21 heavy (non-hydrogen) atoms. The molecular weight excluding hydrogens is 269 g/mol. The van der Waals surface area contributed by atoms with Crippen LogP contribution in [0.5, 0.6) is 0 Å². The Balaban J connectivity index is 1.63. The van der Waals surface area contributed by atoms with Crippen LogP contribution in [0.2, 0.25) is 6.82 Å². The van der Waals surface area contributed by atoms with Crippen molar-refractivity contribution >= 4 is 19.1 Å². The normalized spacial score (nSPS) is 36.1. The third kappa shape index (κ3) is 2.82. The molecule has 3 aliphatic carbocycles. The summed E-state index contributed by atoms with van der Waals surface area (Å²) in [6.45, 7) is 7.45. The SMILES string of the molecule is CB1OC(=O)CN(C[C@H]2CC[C@@H]3CC2C3(C)C)CC(=O)O1. The summed E-state index contributed by atoms with van der Waals surface area (Å²) in [5.41, 5.74) is 0.418. The molecule has 4 rings (SSSR count). The van der Waals surface area contributed by atoms with Crippen molar-refractivity contribution in [1.82, 2.24) is 4.90 Å². The fourth-order valence-corrected chi connectivity index (χ4v) is 4.53. The zero-order valence-electron chi connectivity index (χ0n) is 13.1. The van der Waals surface area contributed by atoms with E-state index < -0.39 is 7.12 Å². The largest absolute Gasteiger partial charge is 0.595 e. The predicted molar refractivity (Wildman–Crippen MR) is 78.3 cm³/mol. The van der Waals surface area contributed by atoms with E-state index in [0.717, 1.165) is 12.5 Å². The van der Waals surface area contributed by atoms with Gasteiger partial charge in [-0.05, 0) is 49.3 Å². The maximum absolute atomic E-state index is 11.8. The van der Waals surface area contributed by atoms with Crippen molar-refractivity contribution in [3.8, 4) is 0 Å². The van der Waals surface area contributed by atoms with Crippen LogP contribution < -0.4 is 0 Å². The van der Waals surface area contributed by atoms with Crippen molar-refractivity contribution in [3.05, 3.63) is 0 Å². The second kappa shape index (κ2) is 5.31. The summed E-state index contributed by atoms with van der Waals surface area (Å²) in [6, 6.07) is 0. The van der Waals surface area contributed by atoms with Crippen molar-refractivity contribution in [2.75, 3.05) is 19.6 Å². The molecule has 0 N–H and O–H groups in total. The number of carbonyl (C=O) groups is 2. The Morgan fingerprint density at radius 1 is 1.19 bits per heavy atom. The van der Waals surface area contributed by atoms with Crippen molar-refractivity contribution < 1.29 is 18.9 Å². The summed E-state index contributed by atoms with van der Waals surface area (Å²) >= 11 is 0. The molecule has 5 nitrogen and oxygen atoms in total. The average molecular weight is 293 g/mol. The fraction of sp³-hybridized carbons (Fsp3) is 0.867. The fourth-order valence-electron chi connectivity index (χ4n) is 4.53. The highest BCUT2D eigenvalue weighted by Gasteiger charge is 2.54. The third-order valence-corrected chi connectivity index (χ3v) is 5.79. The van der Waals surface area contributed by atoms with E-state index in [0.29, 0.717) is 17.3 Å². The number of nitrogens with zero attached hydrogens (tertiary/aromatic N) is 1. The monoisotopic (exact) mass is 293 g/mol. The molecule has 4 aliphatic rings. The lowest BCUT2D eigenvalue weighted by atomic mass is 9.45. The molecule has 0 spiro atoms. The lowest BCUT2D eigenvalue weighted by molar-refractivity contribution is -0.148. The topological polar surface area (TPSA) is 55.8 Å². The maximum Gasteiger partial charge on any atom is 0.595 e. The first kappa shape index (κ1) is 14.9. The van der Waals surface area contributed by atoms with Crippen molar-refractivity contribution in [3.63, 3.8) is 0 Å². The molecule has 0 aromatic rings. The first-order valence-electron chi connectivity index (χ1n) is 7.97. The van der Waals surface area contributed by atoms with Gasteiger partial charge in [0.1, 0.15) is 0 Å². The summed E-state index contributed by atoms with van der Waals surface area (Å²) in [6.07, 6.45) is 3.78. The van der Waals surface area contributed by atoms with E-state index in [9.17, 15) is 9.59 Å². The van der Waals surface area contributed by atoms with E-state index >= 15 is 0 Å². The van der Waals surface area contributed by atoms with E-state index in [1.165, 1.54) is 19.3 Å². The van der Waals surface area contributed by atoms with Crippen molar-refractivity contribution in [2.45, 2.75) is 39.9 Å². The number of carbonyl (C=O) groups excluding carboxylic acids is 2. The molecule has 0 aromatic heterocycles. The minimum atomic E-state index is -0.770. The molecule has 0 radical (unpaired) electrons. The van der Waals surface area contributed by atoms with Gasteiger partial charge in [-0.1, -0.05) is 13.8 Å². The molecule has 4 fully saturated rings. The summed E-state index contributed by atoms with van der Waals surface area (Å²) in [5.74, 6) is 1.53. The van der Waals surface area contributed by atoms with Crippen LogP contribution in [0.4, 0.5) is 0 Å². The second-order valence-electron chi connectivity index (χ2n) is 7.41. The Labute approximate surface area is 126 Å². The molecule has 1 heterocycles. The summed E-state index contributed by atoms with van der Waals surface area (Å²) in [4.78, 5) is 25.4. The Hall–Kier alpha value is -1.04. The van der Waals surface area contributed by atoms with Crippen LogP contribution in [-0.4, -0.2) is 43.6 Å². The molecule has 1 aliphatic heterocycles. The maximum atomic E-state index is 11.8. The molecule has 3 atom stereocenters. The Bertz CT molecular complexity index is 431. The quantitative estimate of drug-likeness (QED) is 0.723. The zero-order valence-corrected chi connectivity index (χ0v) is 13.1. The van der Waals surface area contributed by atoms with Gasteiger partial charge in [-0.15, -0.1) is 0 Å². The van der Waals surface area contributed by atoms with Gasteiger partial charge >= 0.3 is 19.1 Å². The predicted octanol–water partition coefficient (Wildman–Crippen LogP) is 1.58. The van der Waals surface area contributed by atoms with Crippen LogP contribution in [0.15, 0.2) is 0 Å². The van der Waals surface area contributed by atoms with Gasteiger partial charge in [0.05, 0.1) is 13.1 Å². The average Bonchev–Trinajstić information content (AvgIpc) is 2.36. The molecule has 0 amide bonds. The lowest BCUT2D eigenvalue weighted by Gasteiger charge is -2.60. The first-order valence-corrected chi connectivity index (χ1v) is 7.97. The molecule has 116 valence electrons.